The van der Waals surface area contributed by atoms with Crippen LogP contribution in [0.25, 0.3) is 21.9 Å². The standard InChI is InChI=1S/C22H21F3O/c1-3-5-15-8-11-18-17(12-15)13-19(26-22(24)25)20(21(18)23)16-9-6-14(4-2)7-10-16/h6-13,22H,3-5H2,1-2H3. The maximum Gasteiger partial charge on any atom is 0.387 e. The molecule has 0 saturated heterocycles. The lowest BCUT2D eigenvalue weighted by molar-refractivity contribution is -0.0494. The second-order valence-corrected chi connectivity index (χ2v) is 6.30. The largest absolute Gasteiger partial charge is 0.434 e. The van der Waals surface area contributed by atoms with Gasteiger partial charge in [-0.25, -0.2) is 4.39 Å². The van der Waals surface area contributed by atoms with Gasteiger partial charge >= 0.3 is 6.61 Å². The van der Waals surface area contributed by atoms with Crippen LogP contribution in [0.3, 0.4) is 0 Å². The summed E-state index contributed by atoms with van der Waals surface area (Å²) >= 11 is 0. The molecule has 3 aromatic rings. The molecule has 0 bridgehead atoms. The first-order chi connectivity index (χ1) is 12.5. The molecular weight excluding hydrogens is 337 g/mol. The molecule has 0 fully saturated rings. The minimum absolute atomic E-state index is 0.0729. The molecule has 26 heavy (non-hydrogen) atoms. The molecule has 0 aliphatic heterocycles. The van der Waals surface area contributed by atoms with Gasteiger partial charge < -0.3 is 4.74 Å². The Kier molecular flexibility index (Phi) is 5.50. The first kappa shape index (κ1) is 18.3. The average molecular weight is 358 g/mol. The summed E-state index contributed by atoms with van der Waals surface area (Å²) in [5, 5.41) is 0.971. The molecule has 4 heteroatoms. The summed E-state index contributed by atoms with van der Waals surface area (Å²) in [4.78, 5) is 0. The quantitative estimate of drug-likeness (QED) is 0.473. The highest BCUT2D eigenvalue weighted by Crippen LogP contribution is 2.39. The molecule has 0 N–H and O–H groups in total. The molecule has 3 rings (SSSR count). The topological polar surface area (TPSA) is 9.23 Å². The van der Waals surface area contributed by atoms with Gasteiger partial charge in [-0.1, -0.05) is 62.7 Å². The van der Waals surface area contributed by atoms with E-state index in [4.69, 9.17) is 0 Å². The van der Waals surface area contributed by atoms with Crippen molar-refractivity contribution < 1.29 is 17.9 Å². The zero-order valence-corrected chi connectivity index (χ0v) is 14.9. The maximum absolute atomic E-state index is 15.2. The van der Waals surface area contributed by atoms with Crippen LogP contribution in [0.15, 0.2) is 48.5 Å². The molecular formula is C22H21F3O. The molecule has 0 spiro atoms. The first-order valence-electron chi connectivity index (χ1n) is 8.82. The third-order valence-electron chi connectivity index (χ3n) is 4.51. The van der Waals surface area contributed by atoms with Crippen molar-refractivity contribution >= 4 is 10.8 Å². The van der Waals surface area contributed by atoms with E-state index in [1.165, 1.54) is 6.07 Å². The van der Waals surface area contributed by atoms with Crippen molar-refractivity contribution in [3.63, 3.8) is 0 Å². The van der Waals surface area contributed by atoms with Crippen molar-refractivity contribution in [2.24, 2.45) is 0 Å². The molecule has 0 unspecified atom stereocenters. The van der Waals surface area contributed by atoms with Crippen LogP contribution in [-0.2, 0) is 12.8 Å². The normalized spacial score (nSPS) is 11.3. The highest BCUT2D eigenvalue weighted by atomic mass is 19.3. The first-order valence-corrected chi connectivity index (χ1v) is 8.82. The van der Waals surface area contributed by atoms with E-state index in [2.05, 4.69) is 11.7 Å². The molecule has 3 aromatic carbocycles. The van der Waals surface area contributed by atoms with Crippen molar-refractivity contribution in [2.75, 3.05) is 0 Å². The van der Waals surface area contributed by atoms with Crippen LogP contribution in [-0.4, -0.2) is 6.61 Å². The smallest absolute Gasteiger partial charge is 0.387 e. The summed E-state index contributed by atoms with van der Waals surface area (Å²) in [7, 11) is 0. The maximum atomic E-state index is 15.2. The zero-order valence-electron chi connectivity index (χ0n) is 14.9. The summed E-state index contributed by atoms with van der Waals surface area (Å²) in [6.07, 6.45) is 2.65. The van der Waals surface area contributed by atoms with Crippen molar-refractivity contribution in [1.29, 1.82) is 0 Å². The number of aryl methyl sites for hydroxylation is 2. The molecule has 0 saturated carbocycles. The second-order valence-electron chi connectivity index (χ2n) is 6.30. The Bertz CT molecular complexity index is 901. The number of alkyl halides is 2. The van der Waals surface area contributed by atoms with Gasteiger partial charge in [0.2, 0.25) is 0 Å². The van der Waals surface area contributed by atoms with E-state index in [0.717, 1.165) is 30.4 Å². The number of ether oxygens (including phenoxy) is 1. The average Bonchev–Trinajstić information content (AvgIpc) is 2.62. The molecule has 0 radical (unpaired) electrons. The van der Waals surface area contributed by atoms with Crippen LogP contribution >= 0.6 is 0 Å². The van der Waals surface area contributed by atoms with Crippen LogP contribution in [0, 0.1) is 5.82 Å². The van der Waals surface area contributed by atoms with Crippen molar-refractivity contribution in [3.05, 3.63) is 65.5 Å². The molecule has 0 atom stereocenters. The van der Waals surface area contributed by atoms with Crippen molar-refractivity contribution in [3.8, 4) is 16.9 Å². The highest BCUT2D eigenvalue weighted by molar-refractivity contribution is 5.92. The van der Waals surface area contributed by atoms with Gasteiger partial charge in [0, 0.05) is 5.39 Å². The van der Waals surface area contributed by atoms with Gasteiger partial charge in [-0.3, -0.25) is 0 Å². The Labute approximate surface area is 151 Å². The van der Waals surface area contributed by atoms with Gasteiger partial charge in [-0.15, -0.1) is 0 Å². The van der Waals surface area contributed by atoms with Crippen molar-refractivity contribution in [2.45, 2.75) is 39.7 Å². The van der Waals surface area contributed by atoms with Gasteiger partial charge in [0.25, 0.3) is 0 Å². The van der Waals surface area contributed by atoms with Crippen LogP contribution in [0.5, 0.6) is 5.75 Å². The summed E-state index contributed by atoms with van der Waals surface area (Å²) in [5.74, 6) is -0.673. The number of benzene rings is 3. The number of halogens is 3. The fourth-order valence-corrected chi connectivity index (χ4v) is 3.20. The monoisotopic (exact) mass is 358 g/mol. The summed E-state index contributed by atoms with van der Waals surface area (Å²) in [6, 6.07) is 14.2. The molecule has 0 aliphatic carbocycles. The number of rotatable bonds is 6. The Morgan fingerprint density at radius 2 is 1.62 bits per heavy atom. The number of fused-ring (bicyclic) bond motifs is 1. The van der Waals surface area contributed by atoms with Gasteiger partial charge in [0.15, 0.2) is 0 Å². The van der Waals surface area contributed by atoms with E-state index in [0.29, 0.717) is 16.3 Å². The van der Waals surface area contributed by atoms with E-state index < -0.39 is 12.4 Å². The lowest BCUT2D eigenvalue weighted by Crippen LogP contribution is -2.05. The Hall–Kier alpha value is -2.49. The van der Waals surface area contributed by atoms with Crippen LogP contribution in [0.4, 0.5) is 13.2 Å². The lowest BCUT2D eigenvalue weighted by Gasteiger charge is -2.15. The van der Waals surface area contributed by atoms with Crippen LogP contribution < -0.4 is 4.74 Å². The van der Waals surface area contributed by atoms with E-state index in [-0.39, 0.29) is 11.3 Å². The fourth-order valence-electron chi connectivity index (χ4n) is 3.20. The summed E-state index contributed by atoms with van der Waals surface area (Å²) in [6.45, 7) is 1.06. The number of hydrogen-bond acceptors (Lipinski definition) is 1. The van der Waals surface area contributed by atoms with E-state index in [1.54, 1.807) is 18.2 Å². The Morgan fingerprint density at radius 3 is 2.23 bits per heavy atom. The molecule has 0 amide bonds. The molecule has 136 valence electrons. The minimum Gasteiger partial charge on any atom is -0.434 e. The fraction of sp³-hybridized carbons (Fsp3) is 0.273. The lowest BCUT2D eigenvalue weighted by atomic mass is 9.96. The second kappa shape index (κ2) is 7.81. The van der Waals surface area contributed by atoms with Crippen LogP contribution in [0.2, 0.25) is 0 Å². The molecule has 0 aliphatic rings. The van der Waals surface area contributed by atoms with Gasteiger partial charge in [0.05, 0.1) is 5.56 Å². The SMILES string of the molecule is CCCc1ccc2c(F)c(-c3ccc(CC)cc3)c(OC(F)F)cc2c1. The predicted molar refractivity (Wildman–Crippen MR) is 99.3 cm³/mol. The minimum atomic E-state index is -3.01. The van der Waals surface area contributed by atoms with Gasteiger partial charge in [0.1, 0.15) is 11.6 Å². The van der Waals surface area contributed by atoms with E-state index >= 15 is 4.39 Å². The Morgan fingerprint density at radius 1 is 0.923 bits per heavy atom. The van der Waals surface area contributed by atoms with E-state index in [1.807, 2.05) is 31.2 Å². The third-order valence-corrected chi connectivity index (χ3v) is 4.51. The third kappa shape index (κ3) is 3.69. The van der Waals surface area contributed by atoms with Crippen molar-refractivity contribution in [1.82, 2.24) is 0 Å². The predicted octanol–water partition coefficient (Wildman–Crippen LogP) is 6.76. The van der Waals surface area contributed by atoms with Gasteiger partial charge in [-0.2, -0.15) is 8.78 Å². The summed E-state index contributed by atoms with van der Waals surface area (Å²) in [5.41, 5.74) is 2.73. The van der Waals surface area contributed by atoms with E-state index in [9.17, 15) is 8.78 Å². The summed E-state index contributed by atoms with van der Waals surface area (Å²) < 4.78 is 45.8. The van der Waals surface area contributed by atoms with Crippen LogP contribution in [0.1, 0.15) is 31.4 Å². The number of hydrogen-bond donors (Lipinski definition) is 0. The molecule has 0 aromatic heterocycles. The highest BCUT2D eigenvalue weighted by Gasteiger charge is 2.19. The Balaban J connectivity index is 2.21. The zero-order chi connectivity index (χ0) is 18.7. The molecule has 0 heterocycles. The van der Waals surface area contributed by atoms with Gasteiger partial charge in [-0.05, 0) is 41.0 Å². The molecule has 1 nitrogen and oxygen atoms in total.